The van der Waals surface area contributed by atoms with Gasteiger partial charge in [-0.05, 0) is 32.9 Å². The Morgan fingerprint density at radius 2 is 1.72 bits per heavy atom. The summed E-state index contributed by atoms with van der Waals surface area (Å²) in [5.74, 6) is 0.902. The van der Waals surface area contributed by atoms with Crippen molar-refractivity contribution in [1.82, 2.24) is 20.4 Å². The number of aliphatic imine (C=N–C) groups is 1. The van der Waals surface area contributed by atoms with Gasteiger partial charge in [0.1, 0.15) is 0 Å². The molecule has 2 aliphatic rings. The molecule has 3 heterocycles. The Labute approximate surface area is 179 Å². The van der Waals surface area contributed by atoms with E-state index in [9.17, 15) is 0 Å². The van der Waals surface area contributed by atoms with Gasteiger partial charge >= 0.3 is 0 Å². The zero-order valence-corrected chi connectivity index (χ0v) is 19.0. The molecule has 0 radical (unpaired) electrons. The predicted molar refractivity (Wildman–Crippen MR) is 120 cm³/mol. The van der Waals surface area contributed by atoms with Crippen LogP contribution in [0.25, 0.3) is 0 Å². The van der Waals surface area contributed by atoms with Gasteiger partial charge in [0, 0.05) is 55.1 Å². The van der Waals surface area contributed by atoms with Crippen molar-refractivity contribution in [2.24, 2.45) is 4.99 Å². The van der Waals surface area contributed by atoms with E-state index in [1.165, 1.54) is 9.75 Å². The third kappa shape index (κ3) is 6.93. The zero-order valence-electron chi connectivity index (χ0n) is 18.2. The lowest BCUT2D eigenvalue weighted by Gasteiger charge is -2.34. The Balaban J connectivity index is 1.60. The Morgan fingerprint density at radius 3 is 2.31 bits per heavy atom. The molecular formula is C21H37N5O2S. The van der Waals surface area contributed by atoms with E-state index in [1.54, 1.807) is 0 Å². The van der Waals surface area contributed by atoms with Gasteiger partial charge in [-0.1, -0.05) is 0 Å². The second-order valence-electron chi connectivity index (χ2n) is 7.71. The van der Waals surface area contributed by atoms with Gasteiger partial charge in [-0.25, -0.2) is 0 Å². The second-order valence-corrected chi connectivity index (χ2v) is 9.03. The van der Waals surface area contributed by atoms with Crippen LogP contribution in [0.4, 0.5) is 0 Å². The first-order valence-electron chi connectivity index (χ1n) is 10.9. The summed E-state index contributed by atoms with van der Waals surface area (Å²) >= 11 is 1.89. The normalized spacial score (nSPS) is 21.7. The fourth-order valence-corrected chi connectivity index (χ4v) is 4.84. The molecular weight excluding hydrogens is 386 g/mol. The Hall–Kier alpha value is -1.19. The number of morpholine rings is 2. The van der Waals surface area contributed by atoms with E-state index in [0.29, 0.717) is 12.1 Å². The molecule has 8 heteroatoms. The Bertz CT molecular complexity index is 626. The van der Waals surface area contributed by atoms with Crippen LogP contribution < -0.4 is 10.6 Å². The third-order valence-corrected chi connectivity index (χ3v) is 6.67. The molecule has 7 nitrogen and oxygen atoms in total. The summed E-state index contributed by atoms with van der Waals surface area (Å²) in [5, 5.41) is 7.02. The van der Waals surface area contributed by atoms with E-state index in [0.717, 1.165) is 78.2 Å². The van der Waals surface area contributed by atoms with Gasteiger partial charge in [0.05, 0.1) is 39.0 Å². The number of nitrogens with one attached hydrogen (secondary N) is 2. The largest absolute Gasteiger partial charge is 0.379 e. The minimum atomic E-state index is 0.345. The number of nitrogens with zero attached hydrogens (tertiary/aromatic N) is 3. The maximum absolute atomic E-state index is 5.57. The molecule has 2 aliphatic heterocycles. The molecule has 0 spiro atoms. The topological polar surface area (TPSA) is 61.4 Å². The number of hydrogen-bond acceptors (Lipinski definition) is 6. The fraction of sp³-hybridized carbons (Fsp3) is 0.762. The molecule has 0 bridgehead atoms. The quantitative estimate of drug-likeness (QED) is 0.490. The summed E-state index contributed by atoms with van der Waals surface area (Å²) in [4.78, 5) is 12.6. The molecule has 2 fully saturated rings. The monoisotopic (exact) mass is 423 g/mol. The lowest BCUT2D eigenvalue weighted by molar-refractivity contribution is 0.0176. The summed E-state index contributed by atoms with van der Waals surface area (Å²) in [6, 6.07) is 5.26. The highest BCUT2D eigenvalue weighted by atomic mass is 32.1. The van der Waals surface area contributed by atoms with Crippen LogP contribution in [-0.2, 0) is 9.47 Å². The molecule has 164 valence electrons. The van der Waals surface area contributed by atoms with Crippen LogP contribution >= 0.6 is 11.3 Å². The highest BCUT2D eigenvalue weighted by molar-refractivity contribution is 7.12. The van der Waals surface area contributed by atoms with E-state index in [4.69, 9.17) is 14.5 Å². The van der Waals surface area contributed by atoms with Crippen molar-refractivity contribution in [2.45, 2.75) is 32.9 Å². The SMILES string of the molecule is CCNC(=NCC(C)N1CCOCC1)NCC(c1ccc(C)s1)N1CCOCC1. The Kier molecular flexibility index (Phi) is 9.20. The predicted octanol–water partition coefficient (Wildman–Crippen LogP) is 1.71. The molecule has 2 saturated heterocycles. The summed E-state index contributed by atoms with van der Waals surface area (Å²) in [5.41, 5.74) is 0. The van der Waals surface area contributed by atoms with E-state index in [1.807, 2.05) is 11.3 Å². The number of rotatable bonds is 8. The van der Waals surface area contributed by atoms with Crippen molar-refractivity contribution >= 4 is 17.3 Å². The Morgan fingerprint density at radius 1 is 1.07 bits per heavy atom. The number of ether oxygens (including phenoxy) is 2. The fourth-order valence-electron chi connectivity index (χ4n) is 3.82. The first kappa shape index (κ1) is 22.5. The molecule has 0 aliphatic carbocycles. The van der Waals surface area contributed by atoms with Crippen LogP contribution in [0.5, 0.6) is 0 Å². The van der Waals surface area contributed by atoms with Crippen LogP contribution in [0.15, 0.2) is 17.1 Å². The highest BCUT2D eigenvalue weighted by Crippen LogP contribution is 2.27. The zero-order chi connectivity index (χ0) is 20.5. The van der Waals surface area contributed by atoms with Crippen LogP contribution in [-0.4, -0.2) is 94.0 Å². The molecule has 0 amide bonds. The lowest BCUT2D eigenvalue weighted by Crippen LogP contribution is -2.47. The highest BCUT2D eigenvalue weighted by Gasteiger charge is 2.24. The van der Waals surface area contributed by atoms with Crippen molar-refractivity contribution in [3.63, 3.8) is 0 Å². The maximum atomic E-state index is 5.57. The standard InChI is InChI=1S/C21H37N5O2S/c1-4-22-21(23-15-17(2)25-7-11-27-12-8-25)24-16-19(20-6-5-18(3)29-20)26-9-13-28-14-10-26/h5-6,17,19H,4,7-16H2,1-3H3,(H2,22,23,24). The van der Waals surface area contributed by atoms with Crippen LogP contribution in [0.2, 0.25) is 0 Å². The molecule has 0 saturated carbocycles. The van der Waals surface area contributed by atoms with Crippen molar-refractivity contribution in [1.29, 1.82) is 0 Å². The van der Waals surface area contributed by atoms with Gasteiger partial charge < -0.3 is 20.1 Å². The molecule has 1 aromatic heterocycles. The molecule has 1 aromatic rings. The maximum Gasteiger partial charge on any atom is 0.191 e. The van der Waals surface area contributed by atoms with Crippen molar-refractivity contribution < 1.29 is 9.47 Å². The second kappa shape index (κ2) is 11.9. The van der Waals surface area contributed by atoms with Gasteiger partial charge in [-0.3, -0.25) is 14.8 Å². The van der Waals surface area contributed by atoms with E-state index in [2.05, 4.69) is 53.3 Å². The van der Waals surface area contributed by atoms with Crippen LogP contribution in [0.3, 0.4) is 0 Å². The van der Waals surface area contributed by atoms with Crippen molar-refractivity contribution in [2.75, 3.05) is 72.2 Å². The van der Waals surface area contributed by atoms with Crippen LogP contribution in [0, 0.1) is 6.92 Å². The molecule has 3 rings (SSSR count). The average molecular weight is 424 g/mol. The minimum absolute atomic E-state index is 0.345. The molecule has 2 atom stereocenters. The summed E-state index contributed by atoms with van der Waals surface area (Å²) in [7, 11) is 0. The number of aryl methyl sites for hydroxylation is 1. The van der Waals surface area contributed by atoms with Gasteiger partial charge in [0.25, 0.3) is 0 Å². The van der Waals surface area contributed by atoms with E-state index >= 15 is 0 Å². The smallest absolute Gasteiger partial charge is 0.191 e. The molecule has 0 aromatic carbocycles. The first-order chi connectivity index (χ1) is 14.2. The van der Waals surface area contributed by atoms with Gasteiger partial charge in [0.15, 0.2) is 5.96 Å². The molecule has 2 unspecified atom stereocenters. The minimum Gasteiger partial charge on any atom is -0.379 e. The van der Waals surface area contributed by atoms with Gasteiger partial charge in [0.2, 0.25) is 0 Å². The number of guanidine groups is 1. The third-order valence-electron chi connectivity index (χ3n) is 5.57. The summed E-state index contributed by atoms with van der Waals surface area (Å²) in [6.45, 7) is 16.3. The van der Waals surface area contributed by atoms with Crippen LogP contribution in [0.1, 0.15) is 29.6 Å². The summed E-state index contributed by atoms with van der Waals surface area (Å²) < 4.78 is 11.0. The molecule has 29 heavy (non-hydrogen) atoms. The van der Waals surface area contributed by atoms with E-state index in [-0.39, 0.29) is 0 Å². The van der Waals surface area contributed by atoms with Gasteiger partial charge in [-0.2, -0.15) is 0 Å². The van der Waals surface area contributed by atoms with Crippen molar-refractivity contribution in [3.8, 4) is 0 Å². The molecule has 2 N–H and O–H groups in total. The first-order valence-corrected chi connectivity index (χ1v) is 11.7. The van der Waals surface area contributed by atoms with Crippen molar-refractivity contribution in [3.05, 3.63) is 21.9 Å². The number of hydrogen-bond donors (Lipinski definition) is 2. The summed E-state index contributed by atoms with van der Waals surface area (Å²) in [6.07, 6.45) is 0. The van der Waals surface area contributed by atoms with Gasteiger partial charge in [-0.15, -0.1) is 11.3 Å². The average Bonchev–Trinajstić information content (AvgIpc) is 3.19. The van der Waals surface area contributed by atoms with E-state index < -0.39 is 0 Å². The lowest BCUT2D eigenvalue weighted by atomic mass is 10.2. The number of thiophene rings is 1.